The lowest BCUT2D eigenvalue weighted by molar-refractivity contribution is -0.125. The highest BCUT2D eigenvalue weighted by Crippen LogP contribution is 2.19. The first-order chi connectivity index (χ1) is 4.90. The third-order valence-corrected chi connectivity index (χ3v) is 1.64. The first kappa shape index (κ1) is 10.3. The van der Waals surface area contributed by atoms with Gasteiger partial charge in [-0.05, 0) is 6.92 Å². The number of carbonyl (C=O) groups excluding carboxylic acids is 2. The third kappa shape index (κ3) is 3.28. The molecule has 1 atom stereocenters. The lowest BCUT2D eigenvalue weighted by atomic mass is 9.86. The standard InChI is InChI=1S/C8H14O3/c1-6(10)4-7(11)8(2,3)5-9/h5,7,11H,4H2,1-3H3. The molecule has 0 spiro atoms. The molecule has 1 unspecified atom stereocenters. The first-order valence-electron chi connectivity index (χ1n) is 3.54. The van der Waals surface area contributed by atoms with Crippen LogP contribution in [-0.4, -0.2) is 23.3 Å². The number of hydrogen-bond donors (Lipinski definition) is 1. The average molecular weight is 158 g/mol. The van der Waals surface area contributed by atoms with E-state index >= 15 is 0 Å². The highest BCUT2D eigenvalue weighted by Gasteiger charge is 2.27. The van der Waals surface area contributed by atoms with Crippen LogP contribution >= 0.6 is 0 Å². The largest absolute Gasteiger partial charge is 0.392 e. The fraction of sp³-hybridized carbons (Fsp3) is 0.750. The van der Waals surface area contributed by atoms with Crippen molar-refractivity contribution < 1.29 is 14.7 Å². The zero-order chi connectivity index (χ0) is 9.07. The van der Waals surface area contributed by atoms with Crippen LogP contribution in [0.2, 0.25) is 0 Å². The molecule has 0 saturated heterocycles. The number of ketones is 1. The molecule has 1 N–H and O–H groups in total. The summed E-state index contributed by atoms with van der Waals surface area (Å²) >= 11 is 0. The number of rotatable bonds is 4. The molecule has 0 amide bonds. The second-order valence-corrected chi connectivity index (χ2v) is 3.36. The molecule has 0 aliphatic carbocycles. The number of carbonyl (C=O) groups is 2. The van der Waals surface area contributed by atoms with E-state index < -0.39 is 11.5 Å². The van der Waals surface area contributed by atoms with Gasteiger partial charge in [-0.2, -0.15) is 0 Å². The van der Waals surface area contributed by atoms with Gasteiger partial charge in [0, 0.05) is 11.8 Å². The van der Waals surface area contributed by atoms with Gasteiger partial charge in [0.2, 0.25) is 0 Å². The van der Waals surface area contributed by atoms with Gasteiger partial charge in [-0.25, -0.2) is 0 Å². The number of Topliss-reactive ketones (excluding diaryl/α,β-unsaturated/α-hetero) is 1. The van der Waals surface area contributed by atoms with E-state index in [4.69, 9.17) is 0 Å². The second kappa shape index (κ2) is 3.62. The lowest BCUT2D eigenvalue weighted by Crippen LogP contribution is -2.32. The Morgan fingerprint density at radius 2 is 2.09 bits per heavy atom. The minimum absolute atomic E-state index is 0.0474. The molecular formula is C8H14O3. The highest BCUT2D eigenvalue weighted by molar-refractivity contribution is 5.76. The van der Waals surface area contributed by atoms with Gasteiger partial charge in [0.25, 0.3) is 0 Å². The Bertz CT molecular complexity index is 161. The number of hydrogen-bond acceptors (Lipinski definition) is 3. The van der Waals surface area contributed by atoms with Crippen LogP contribution in [0.5, 0.6) is 0 Å². The van der Waals surface area contributed by atoms with Gasteiger partial charge >= 0.3 is 0 Å². The van der Waals surface area contributed by atoms with E-state index in [1.54, 1.807) is 13.8 Å². The molecule has 0 bridgehead atoms. The maximum atomic E-state index is 10.5. The van der Waals surface area contributed by atoms with Gasteiger partial charge in [0.15, 0.2) is 0 Å². The molecule has 3 nitrogen and oxygen atoms in total. The third-order valence-electron chi connectivity index (χ3n) is 1.64. The molecule has 0 radical (unpaired) electrons. The molecule has 0 heterocycles. The zero-order valence-corrected chi connectivity index (χ0v) is 7.13. The van der Waals surface area contributed by atoms with E-state index in [0.717, 1.165) is 0 Å². The fourth-order valence-corrected chi connectivity index (χ4v) is 0.614. The zero-order valence-electron chi connectivity index (χ0n) is 7.13. The number of aldehydes is 1. The van der Waals surface area contributed by atoms with Crippen molar-refractivity contribution in [2.24, 2.45) is 5.41 Å². The van der Waals surface area contributed by atoms with Crippen LogP contribution in [-0.2, 0) is 9.59 Å². The normalized spacial score (nSPS) is 14.2. The SMILES string of the molecule is CC(=O)CC(O)C(C)(C)C=O. The maximum Gasteiger partial charge on any atom is 0.132 e. The first-order valence-corrected chi connectivity index (χ1v) is 3.54. The summed E-state index contributed by atoms with van der Waals surface area (Å²) in [5.41, 5.74) is -0.814. The van der Waals surface area contributed by atoms with Crippen molar-refractivity contribution in [3.05, 3.63) is 0 Å². The summed E-state index contributed by atoms with van der Waals surface area (Å²) in [7, 11) is 0. The van der Waals surface area contributed by atoms with Crippen molar-refractivity contribution in [2.45, 2.75) is 33.3 Å². The van der Waals surface area contributed by atoms with Gasteiger partial charge in [0.05, 0.1) is 6.10 Å². The monoisotopic (exact) mass is 158 g/mol. The minimum Gasteiger partial charge on any atom is -0.392 e. The van der Waals surface area contributed by atoms with Crippen LogP contribution < -0.4 is 0 Å². The molecule has 0 rings (SSSR count). The van der Waals surface area contributed by atoms with Gasteiger partial charge in [0.1, 0.15) is 12.1 Å². The lowest BCUT2D eigenvalue weighted by Gasteiger charge is -2.22. The van der Waals surface area contributed by atoms with E-state index in [-0.39, 0.29) is 12.2 Å². The Morgan fingerprint density at radius 1 is 1.64 bits per heavy atom. The summed E-state index contributed by atoms with van der Waals surface area (Å²) in [6.07, 6.45) is -0.149. The van der Waals surface area contributed by atoms with E-state index in [9.17, 15) is 14.7 Å². The van der Waals surface area contributed by atoms with Crippen LogP contribution in [0.25, 0.3) is 0 Å². The van der Waals surface area contributed by atoms with Crippen molar-refractivity contribution in [1.29, 1.82) is 0 Å². The number of aliphatic hydroxyl groups excluding tert-OH is 1. The van der Waals surface area contributed by atoms with Gasteiger partial charge < -0.3 is 9.90 Å². The van der Waals surface area contributed by atoms with Crippen molar-refractivity contribution >= 4 is 12.1 Å². The second-order valence-electron chi connectivity index (χ2n) is 3.36. The minimum atomic E-state index is -0.863. The van der Waals surface area contributed by atoms with Crippen molar-refractivity contribution in [3.63, 3.8) is 0 Å². The Kier molecular flexibility index (Phi) is 3.39. The molecule has 0 fully saturated rings. The quantitative estimate of drug-likeness (QED) is 0.608. The molecule has 11 heavy (non-hydrogen) atoms. The number of aliphatic hydroxyl groups is 1. The summed E-state index contributed by atoms with van der Waals surface area (Å²) in [6, 6.07) is 0. The highest BCUT2D eigenvalue weighted by atomic mass is 16.3. The molecule has 3 heteroatoms. The Morgan fingerprint density at radius 3 is 2.36 bits per heavy atom. The average Bonchev–Trinajstić information content (AvgIpc) is 1.86. The Labute approximate surface area is 66.4 Å². The fourth-order valence-electron chi connectivity index (χ4n) is 0.614. The molecule has 0 aliphatic heterocycles. The van der Waals surface area contributed by atoms with Crippen molar-refractivity contribution in [2.75, 3.05) is 0 Å². The van der Waals surface area contributed by atoms with Crippen LogP contribution in [0.4, 0.5) is 0 Å². The summed E-state index contributed by atoms with van der Waals surface area (Å²) < 4.78 is 0. The molecule has 0 aliphatic rings. The van der Waals surface area contributed by atoms with Gasteiger partial charge in [-0.3, -0.25) is 4.79 Å². The predicted octanol–water partition coefficient (Wildman–Crippen LogP) is 0.551. The molecule has 64 valence electrons. The maximum absolute atomic E-state index is 10.5. The van der Waals surface area contributed by atoms with Gasteiger partial charge in [-0.15, -0.1) is 0 Å². The summed E-state index contributed by atoms with van der Waals surface area (Å²) in [4.78, 5) is 20.9. The summed E-state index contributed by atoms with van der Waals surface area (Å²) in [5.74, 6) is -0.104. The molecule has 0 aromatic carbocycles. The van der Waals surface area contributed by atoms with Crippen LogP contribution in [0, 0.1) is 5.41 Å². The Hall–Kier alpha value is -0.700. The van der Waals surface area contributed by atoms with Gasteiger partial charge in [-0.1, -0.05) is 13.8 Å². The van der Waals surface area contributed by atoms with Crippen LogP contribution in [0.3, 0.4) is 0 Å². The molecular weight excluding hydrogens is 144 g/mol. The van der Waals surface area contributed by atoms with Crippen LogP contribution in [0.15, 0.2) is 0 Å². The predicted molar refractivity (Wildman–Crippen MR) is 41.1 cm³/mol. The van der Waals surface area contributed by atoms with E-state index in [1.807, 2.05) is 0 Å². The van der Waals surface area contributed by atoms with E-state index in [2.05, 4.69) is 0 Å². The molecule has 0 saturated carbocycles. The summed E-state index contributed by atoms with van der Waals surface area (Å²) in [6.45, 7) is 4.60. The van der Waals surface area contributed by atoms with E-state index in [1.165, 1.54) is 6.92 Å². The van der Waals surface area contributed by atoms with Crippen LogP contribution in [0.1, 0.15) is 27.2 Å². The topological polar surface area (TPSA) is 54.4 Å². The Balaban J connectivity index is 4.11. The molecule has 0 aromatic heterocycles. The van der Waals surface area contributed by atoms with Crippen molar-refractivity contribution in [3.8, 4) is 0 Å². The summed E-state index contributed by atoms with van der Waals surface area (Å²) in [5, 5.41) is 9.30. The van der Waals surface area contributed by atoms with Crippen molar-refractivity contribution in [1.82, 2.24) is 0 Å². The smallest absolute Gasteiger partial charge is 0.132 e. The molecule has 0 aromatic rings. The van der Waals surface area contributed by atoms with E-state index in [0.29, 0.717) is 6.29 Å².